The zero-order valence-electron chi connectivity index (χ0n) is 21.2. The van der Waals surface area contributed by atoms with E-state index in [0.717, 1.165) is 60.2 Å². The highest BCUT2D eigenvalue weighted by molar-refractivity contribution is 8.02. The first-order chi connectivity index (χ1) is 17.1. The molecule has 0 aromatic carbocycles. The highest BCUT2D eigenvalue weighted by Gasteiger charge is 2.14. The molecule has 2 aromatic heterocycles. The monoisotopic (exact) mass is 530 g/mol. The second kappa shape index (κ2) is 17.4. The molecule has 2 heterocycles. The second-order valence-corrected chi connectivity index (χ2v) is 10.6. The summed E-state index contributed by atoms with van der Waals surface area (Å²) in [5, 5.41) is 9.09. The number of aromatic nitrogens is 2. The molecule has 2 aromatic rings. The number of hydrogen-bond donors (Lipinski definition) is 3. The normalized spacial score (nSPS) is 13.0. The van der Waals surface area contributed by atoms with Crippen molar-refractivity contribution in [3.8, 4) is 0 Å². The maximum Gasteiger partial charge on any atom is 0.225 e. The van der Waals surface area contributed by atoms with E-state index in [1.54, 1.807) is 41.2 Å². The van der Waals surface area contributed by atoms with Crippen LogP contribution in [-0.2, 0) is 12.3 Å². The van der Waals surface area contributed by atoms with Gasteiger partial charge in [0, 0.05) is 46.1 Å². The van der Waals surface area contributed by atoms with E-state index in [-0.39, 0.29) is 0 Å². The number of anilines is 2. The molecular weight excluding hydrogens is 493 g/mol. The SMILES string of the molecule is C=N/C=C(/C=C\C=C/C)SCc1c(C)nc(NCc2cccs2)nc1NCCC(CC)CNSC. The highest BCUT2D eigenvalue weighted by Crippen LogP contribution is 2.29. The molecule has 9 heteroatoms. The molecule has 0 aliphatic carbocycles. The second-order valence-electron chi connectivity index (χ2n) is 7.82. The van der Waals surface area contributed by atoms with E-state index in [1.807, 2.05) is 31.2 Å². The first-order valence-electron chi connectivity index (χ1n) is 11.8. The largest absolute Gasteiger partial charge is 0.370 e. The summed E-state index contributed by atoms with van der Waals surface area (Å²) in [6, 6.07) is 4.18. The third kappa shape index (κ3) is 11.0. The lowest BCUT2D eigenvalue weighted by atomic mass is 10.0. The van der Waals surface area contributed by atoms with E-state index in [1.165, 1.54) is 4.88 Å². The quantitative estimate of drug-likeness (QED) is 0.115. The van der Waals surface area contributed by atoms with Crippen LogP contribution in [0, 0.1) is 12.8 Å². The summed E-state index contributed by atoms with van der Waals surface area (Å²) >= 11 is 5.11. The topological polar surface area (TPSA) is 74.2 Å². The molecular formula is C26H38N6S3. The van der Waals surface area contributed by atoms with Crippen LogP contribution >= 0.6 is 35.0 Å². The van der Waals surface area contributed by atoms with Gasteiger partial charge in [-0.15, -0.1) is 23.1 Å². The molecule has 2 rings (SSSR count). The third-order valence-electron chi connectivity index (χ3n) is 5.32. The van der Waals surface area contributed by atoms with Crippen LogP contribution < -0.4 is 15.4 Å². The summed E-state index contributed by atoms with van der Waals surface area (Å²) < 4.78 is 3.39. The van der Waals surface area contributed by atoms with Crippen molar-refractivity contribution in [3.05, 3.63) is 69.1 Å². The van der Waals surface area contributed by atoms with Gasteiger partial charge in [0.05, 0.1) is 6.54 Å². The number of aryl methyl sites for hydroxylation is 1. The minimum atomic E-state index is 0.622. The van der Waals surface area contributed by atoms with E-state index >= 15 is 0 Å². The lowest BCUT2D eigenvalue weighted by Gasteiger charge is -2.18. The van der Waals surface area contributed by atoms with Crippen LogP contribution in [-0.4, -0.2) is 36.0 Å². The summed E-state index contributed by atoms with van der Waals surface area (Å²) in [7, 11) is 0. The van der Waals surface area contributed by atoms with Crippen molar-refractivity contribution in [1.29, 1.82) is 0 Å². The molecule has 0 fully saturated rings. The van der Waals surface area contributed by atoms with Gasteiger partial charge in [-0.2, -0.15) is 4.98 Å². The zero-order chi connectivity index (χ0) is 25.3. The summed E-state index contributed by atoms with van der Waals surface area (Å²) in [5.74, 6) is 2.91. The van der Waals surface area contributed by atoms with Gasteiger partial charge in [-0.25, -0.2) is 4.98 Å². The number of nitrogens with zero attached hydrogens (tertiary/aromatic N) is 3. The number of rotatable bonds is 17. The predicted molar refractivity (Wildman–Crippen MR) is 160 cm³/mol. The van der Waals surface area contributed by atoms with Crippen molar-refractivity contribution in [2.45, 2.75) is 45.9 Å². The minimum Gasteiger partial charge on any atom is -0.370 e. The molecule has 1 atom stereocenters. The number of hydrogen-bond acceptors (Lipinski definition) is 9. The van der Waals surface area contributed by atoms with Crippen molar-refractivity contribution in [1.82, 2.24) is 14.7 Å². The predicted octanol–water partition coefficient (Wildman–Crippen LogP) is 7.06. The molecule has 35 heavy (non-hydrogen) atoms. The fraction of sp³-hybridized carbons (Fsp3) is 0.423. The smallest absolute Gasteiger partial charge is 0.225 e. The fourth-order valence-electron chi connectivity index (χ4n) is 3.26. The molecule has 0 spiro atoms. The Bertz CT molecular complexity index is 970. The number of allylic oxidation sites excluding steroid dienone is 4. The molecule has 0 saturated carbocycles. The van der Waals surface area contributed by atoms with Crippen molar-refractivity contribution in [3.63, 3.8) is 0 Å². The van der Waals surface area contributed by atoms with Crippen LogP contribution in [0.25, 0.3) is 0 Å². The van der Waals surface area contributed by atoms with Gasteiger partial charge in [0.2, 0.25) is 5.95 Å². The molecule has 0 aliphatic heterocycles. The summed E-state index contributed by atoms with van der Waals surface area (Å²) in [6.07, 6.45) is 14.1. The van der Waals surface area contributed by atoms with Gasteiger partial charge in [-0.3, -0.25) is 9.71 Å². The average molecular weight is 531 g/mol. The maximum absolute atomic E-state index is 4.87. The van der Waals surface area contributed by atoms with Crippen LogP contribution in [0.3, 0.4) is 0 Å². The highest BCUT2D eigenvalue weighted by atomic mass is 32.2. The van der Waals surface area contributed by atoms with Crippen LogP contribution in [0.4, 0.5) is 11.8 Å². The zero-order valence-corrected chi connectivity index (χ0v) is 23.7. The standard InChI is InChI=1S/C26H38N6S3/c1-6-8-9-11-22(17-27-4)35-19-24-20(3)31-26(29-18-23-12-10-15-34-23)32-25(24)28-14-13-21(7-2)16-30-33-5/h6,8-12,15,17,21,30H,4,7,13-14,16,18-19H2,1-3,5H3,(H2,28,29,31,32)/b8-6-,11-9-,22-17-. The van der Waals surface area contributed by atoms with E-state index in [4.69, 9.17) is 9.97 Å². The Morgan fingerprint density at radius 3 is 2.83 bits per heavy atom. The first kappa shape index (κ1) is 29.2. The van der Waals surface area contributed by atoms with Crippen molar-refractivity contribution in [2.24, 2.45) is 10.9 Å². The summed E-state index contributed by atoms with van der Waals surface area (Å²) in [6.45, 7) is 12.5. The maximum atomic E-state index is 4.87. The van der Waals surface area contributed by atoms with Crippen LogP contribution in [0.2, 0.25) is 0 Å². The summed E-state index contributed by atoms with van der Waals surface area (Å²) in [5.41, 5.74) is 2.09. The number of aliphatic imine (C=N–C) groups is 1. The Labute approximate surface area is 223 Å². The van der Waals surface area contributed by atoms with E-state index in [9.17, 15) is 0 Å². The Kier molecular flexibility index (Phi) is 14.5. The molecule has 190 valence electrons. The Hall–Kier alpha value is -2.07. The summed E-state index contributed by atoms with van der Waals surface area (Å²) in [4.78, 5) is 15.9. The van der Waals surface area contributed by atoms with Crippen molar-refractivity contribution < 1.29 is 0 Å². The molecule has 0 amide bonds. The first-order valence-corrected chi connectivity index (χ1v) is 14.9. The number of nitrogens with one attached hydrogen (secondary N) is 3. The lowest BCUT2D eigenvalue weighted by Crippen LogP contribution is -2.20. The third-order valence-corrected chi connectivity index (χ3v) is 7.66. The molecule has 1 unspecified atom stereocenters. The van der Waals surface area contributed by atoms with E-state index in [2.05, 4.69) is 64.7 Å². The van der Waals surface area contributed by atoms with Gasteiger partial charge in [0.15, 0.2) is 0 Å². The minimum absolute atomic E-state index is 0.622. The van der Waals surface area contributed by atoms with Gasteiger partial charge < -0.3 is 10.6 Å². The number of thiophene rings is 1. The van der Waals surface area contributed by atoms with E-state index < -0.39 is 0 Å². The molecule has 0 saturated heterocycles. The molecule has 3 N–H and O–H groups in total. The van der Waals surface area contributed by atoms with Crippen molar-refractivity contribution >= 4 is 53.5 Å². The van der Waals surface area contributed by atoms with Gasteiger partial charge >= 0.3 is 0 Å². The van der Waals surface area contributed by atoms with Crippen LogP contribution in [0.15, 0.2) is 57.9 Å². The Morgan fingerprint density at radius 2 is 2.14 bits per heavy atom. The van der Waals surface area contributed by atoms with Gasteiger partial charge in [0.25, 0.3) is 0 Å². The van der Waals surface area contributed by atoms with Gasteiger partial charge in [0.1, 0.15) is 5.82 Å². The fourth-order valence-corrected chi connectivity index (χ4v) is 5.28. The Morgan fingerprint density at radius 1 is 1.29 bits per heavy atom. The number of thioether (sulfide) groups is 1. The molecule has 0 radical (unpaired) electrons. The van der Waals surface area contributed by atoms with Crippen LogP contribution in [0.1, 0.15) is 42.8 Å². The van der Waals surface area contributed by atoms with Gasteiger partial charge in [-0.05, 0) is 56.7 Å². The lowest BCUT2D eigenvalue weighted by molar-refractivity contribution is 0.482. The molecule has 6 nitrogen and oxygen atoms in total. The Balaban J connectivity index is 2.18. The van der Waals surface area contributed by atoms with Crippen LogP contribution in [0.5, 0.6) is 0 Å². The van der Waals surface area contributed by atoms with Crippen molar-refractivity contribution in [2.75, 3.05) is 30.0 Å². The van der Waals surface area contributed by atoms with E-state index in [0.29, 0.717) is 11.9 Å². The molecule has 0 aliphatic rings. The molecule has 0 bridgehead atoms. The van der Waals surface area contributed by atoms with Gasteiger partial charge in [-0.1, -0.05) is 49.6 Å². The average Bonchev–Trinajstić information content (AvgIpc) is 3.38.